The minimum atomic E-state index is -0.464. The highest BCUT2D eigenvalue weighted by Gasteiger charge is 2.16. The highest BCUT2D eigenvalue weighted by atomic mass is 79.9. The Labute approximate surface area is 130 Å². The second kappa shape index (κ2) is 6.98. The highest BCUT2D eigenvalue weighted by molar-refractivity contribution is 9.10. The molecule has 0 aliphatic rings. The standard InChI is InChI=1S/C15H15BrF2N2O/c1-21-14-6-5-9(7-12(14)18)13(20-19)8-10-3-2-4-11(17)15(10)16/h2-7,13,20H,8,19H2,1H3. The number of ether oxygens (including phenoxy) is 1. The van der Waals surface area contributed by atoms with Crippen LogP contribution in [0.4, 0.5) is 8.78 Å². The van der Waals surface area contributed by atoms with E-state index in [2.05, 4.69) is 21.4 Å². The number of hydrogen-bond donors (Lipinski definition) is 2. The van der Waals surface area contributed by atoms with Crippen LogP contribution in [0.25, 0.3) is 0 Å². The van der Waals surface area contributed by atoms with Crippen LogP contribution in [0, 0.1) is 11.6 Å². The van der Waals surface area contributed by atoms with Gasteiger partial charge in [0.2, 0.25) is 0 Å². The third-order valence-electron chi connectivity index (χ3n) is 3.24. The number of nitrogens with one attached hydrogen (secondary N) is 1. The molecule has 0 saturated heterocycles. The van der Waals surface area contributed by atoms with E-state index in [1.807, 2.05) is 0 Å². The average Bonchev–Trinajstić information content (AvgIpc) is 2.48. The minimum absolute atomic E-state index is 0.168. The Bertz CT molecular complexity index is 637. The van der Waals surface area contributed by atoms with Crippen molar-refractivity contribution in [2.75, 3.05) is 7.11 Å². The molecule has 0 fully saturated rings. The minimum Gasteiger partial charge on any atom is -0.494 e. The van der Waals surface area contributed by atoms with Gasteiger partial charge >= 0.3 is 0 Å². The van der Waals surface area contributed by atoms with E-state index in [-0.39, 0.29) is 17.6 Å². The number of rotatable bonds is 5. The van der Waals surface area contributed by atoms with Crippen molar-refractivity contribution in [3.05, 3.63) is 63.6 Å². The average molecular weight is 357 g/mol. The van der Waals surface area contributed by atoms with E-state index >= 15 is 0 Å². The molecule has 0 radical (unpaired) electrons. The summed E-state index contributed by atoms with van der Waals surface area (Å²) in [6, 6.07) is 9.05. The van der Waals surface area contributed by atoms with Crippen LogP contribution in [0.5, 0.6) is 5.75 Å². The topological polar surface area (TPSA) is 47.3 Å². The zero-order valence-corrected chi connectivity index (χ0v) is 13.0. The number of methoxy groups -OCH3 is 1. The number of halogens is 3. The summed E-state index contributed by atoms with van der Waals surface area (Å²) in [4.78, 5) is 0. The fraction of sp³-hybridized carbons (Fsp3) is 0.200. The molecular weight excluding hydrogens is 342 g/mol. The molecular formula is C15H15BrF2N2O. The molecule has 0 spiro atoms. The maximum atomic E-state index is 13.8. The maximum absolute atomic E-state index is 13.8. The van der Waals surface area contributed by atoms with Gasteiger partial charge in [0.1, 0.15) is 5.82 Å². The molecule has 0 aromatic heterocycles. The van der Waals surface area contributed by atoms with Gasteiger partial charge in [0.05, 0.1) is 17.6 Å². The fourth-order valence-corrected chi connectivity index (χ4v) is 2.52. The molecule has 112 valence electrons. The Hall–Kier alpha value is -1.50. The summed E-state index contributed by atoms with van der Waals surface area (Å²) in [7, 11) is 1.40. The van der Waals surface area contributed by atoms with Crippen molar-refractivity contribution in [3.8, 4) is 5.75 Å². The van der Waals surface area contributed by atoms with Crippen molar-refractivity contribution in [2.45, 2.75) is 12.5 Å². The monoisotopic (exact) mass is 356 g/mol. The molecule has 0 saturated carbocycles. The quantitative estimate of drug-likeness (QED) is 0.636. The Morgan fingerprint density at radius 2 is 2.00 bits per heavy atom. The lowest BCUT2D eigenvalue weighted by Gasteiger charge is -2.18. The highest BCUT2D eigenvalue weighted by Crippen LogP contribution is 2.27. The van der Waals surface area contributed by atoms with Gasteiger partial charge in [0.25, 0.3) is 0 Å². The van der Waals surface area contributed by atoms with Crippen molar-refractivity contribution in [1.29, 1.82) is 0 Å². The van der Waals surface area contributed by atoms with Gasteiger partial charge in [-0.25, -0.2) is 8.78 Å². The summed E-state index contributed by atoms with van der Waals surface area (Å²) in [6.45, 7) is 0. The fourth-order valence-electron chi connectivity index (χ4n) is 2.10. The molecule has 0 amide bonds. The van der Waals surface area contributed by atoms with Crippen molar-refractivity contribution < 1.29 is 13.5 Å². The second-order valence-electron chi connectivity index (χ2n) is 4.53. The largest absolute Gasteiger partial charge is 0.494 e. The van der Waals surface area contributed by atoms with Crippen molar-refractivity contribution in [1.82, 2.24) is 5.43 Å². The predicted octanol–water partition coefficient (Wildman–Crippen LogP) is 3.48. The molecule has 0 heterocycles. The van der Waals surface area contributed by atoms with Crippen LogP contribution in [0.1, 0.15) is 17.2 Å². The second-order valence-corrected chi connectivity index (χ2v) is 5.32. The Morgan fingerprint density at radius 3 is 2.62 bits per heavy atom. The first-order valence-electron chi connectivity index (χ1n) is 6.29. The van der Waals surface area contributed by atoms with Crippen LogP contribution in [0.2, 0.25) is 0 Å². The van der Waals surface area contributed by atoms with Crippen LogP contribution in [0.15, 0.2) is 40.9 Å². The Balaban J connectivity index is 2.28. The van der Waals surface area contributed by atoms with Gasteiger partial charge in [-0.05, 0) is 51.7 Å². The Morgan fingerprint density at radius 1 is 1.24 bits per heavy atom. The maximum Gasteiger partial charge on any atom is 0.165 e. The lowest BCUT2D eigenvalue weighted by molar-refractivity contribution is 0.385. The molecule has 21 heavy (non-hydrogen) atoms. The lowest BCUT2D eigenvalue weighted by atomic mass is 9.99. The molecule has 6 heteroatoms. The van der Waals surface area contributed by atoms with Crippen LogP contribution in [-0.2, 0) is 6.42 Å². The van der Waals surface area contributed by atoms with Gasteiger partial charge < -0.3 is 4.74 Å². The van der Waals surface area contributed by atoms with Gasteiger partial charge in [-0.1, -0.05) is 18.2 Å². The van der Waals surface area contributed by atoms with E-state index in [9.17, 15) is 8.78 Å². The first kappa shape index (κ1) is 15.9. The molecule has 3 N–H and O–H groups in total. The van der Waals surface area contributed by atoms with Crippen molar-refractivity contribution in [3.63, 3.8) is 0 Å². The smallest absolute Gasteiger partial charge is 0.165 e. The van der Waals surface area contributed by atoms with Gasteiger partial charge in [0.15, 0.2) is 11.6 Å². The molecule has 3 nitrogen and oxygen atoms in total. The molecule has 2 aromatic carbocycles. The SMILES string of the molecule is COc1ccc(C(Cc2cccc(F)c2Br)NN)cc1F. The summed E-state index contributed by atoms with van der Waals surface area (Å²) >= 11 is 3.21. The van der Waals surface area contributed by atoms with Crippen LogP contribution in [0.3, 0.4) is 0 Å². The van der Waals surface area contributed by atoms with E-state index < -0.39 is 5.82 Å². The molecule has 2 rings (SSSR count). The van der Waals surface area contributed by atoms with Crippen LogP contribution >= 0.6 is 15.9 Å². The molecule has 0 aliphatic heterocycles. The predicted molar refractivity (Wildman–Crippen MR) is 80.8 cm³/mol. The summed E-state index contributed by atoms with van der Waals surface area (Å²) in [6.07, 6.45) is 0.417. The first-order chi connectivity index (χ1) is 10.1. The third kappa shape index (κ3) is 3.58. The molecule has 0 bridgehead atoms. The molecule has 1 unspecified atom stereocenters. The summed E-state index contributed by atoms with van der Waals surface area (Å²) in [5.74, 6) is 4.91. The van der Waals surface area contributed by atoms with Crippen molar-refractivity contribution >= 4 is 15.9 Å². The molecule has 2 aromatic rings. The zero-order chi connectivity index (χ0) is 15.4. The van der Waals surface area contributed by atoms with Crippen molar-refractivity contribution in [2.24, 2.45) is 5.84 Å². The van der Waals surface area contributed by atoms with E-state index in [0.29, 0.717) is 16.5 Å². The third-order valence-corrected chi connectivity index (χ3v) is 4.12. The molecule has 0 aliphatic carbocycles. The number of nitrogens with two attached hydrogens (primary N) is 1. The Kier molecular flexibility index (Phi) is 5.27. The van der Waals surface area contributed by atoms with E-state index in [1.54, 1.807) is 18.2 Å². The summed E-state index contributed by atoms with van der Waals surface area (Å²) in [5.41, 5.74) is 4.03. The summed E-state index contributed by atoms with van der Waals surface area (Å²) < 4.78 is 32.6. The van der Waals surface area contributed by atoms with E-state index in [4.69, 9.17) is 10.6 Å². The van der Waals surface area contributed by atoms with E-state index in [1.165, 1.54) is 25.3 Å². The first-order valence-corrected chi connectivity index (χ1v) is 7.08. The van der Waals surface area contributed by atoms with E-state index in [0.717, 1.165) is 5.56 Å². The van der Waals surface area contributed by atoms with Gasteiger partial charge in [-0.15, -0.1) is 0 Å². The van der Waals surface area contributed by atoms with Gasteiger partial charge in [-0.3, -0.25) is 11.3 Å². The lowest BCUT2D eigenvalue weighted by Crippen LogP contribution is -2.29. The van der Waals surface area contributed by atoms with Gasteiger partial charge in [0, 0.05) is 0 Å². The molecule has 1 atom stereocenters. The van der Waals surface area contributed by atoms with Gasteiger partial charge in [-0.2, -0.15) is 0 Å². The zero-order valence-electron chi connectivity index (χ0n) is 11.4. The summed E-state index contributed by atoms with van der Waals surface area (Å²) in [5, 5.41) is 0. The normalized spacial score (nSPS) is 12.2. The number of hydrazine groups is 1. The van der Waals surface area contributed by atoms with Crippen LogP contribution in [-0.4, -0.2) is 7.11 Å². The number of benzene rings is 2. The number of hydrogen-bond acceptors (Lipinski definition) is 3. The van der Waals surface area contributed by atoms with Crippen LogP contribution < -0.4 is 16.0 Å².